The van der Waals surface area contributed by atoms with E-state index in [2.05, 4.69) is 23.7 Å². The van der Waals surface area contributed by atoms with Gasteiger partial charge in [0.05, 0.1) is 4.34 Å². The molecule has 0 saturated heterocycles. The number of nitrogens with one attached hydrogen (secondary N) is 1. The molecule has 1 atom stereocenters. The van der Waals surface area contributed by atoms with Crippen molar-refractivity contribution in [1.82, 2.24) is 5.32 Å². The summed E-state index contributed by atoms with van der Waals surface area (Å²) in [5, 5.41) is 5.80. The van der Waals surface area contributed by atoms with Gasteiger partial charge in [0, 0.05) is 12.1 Å². The first kappa shape index (κ1) is 10.5. The number of hydrogen-bond acceptors (Lipinski definition) is 2. The lowest BCUT2D eigenvalue weighted by atomic mass is 10.1. The molecule has 1 aliphatic carbocycles. The van der Waals surface area contributed by atoms with Gasteiger partial charge in [-0.05, 0) is 36.8 Å². The lowest BCUT2D eigenvalue weighted by Crippen LogP contribution is -2.28. The van der Waals surface area contributed by atoms with Crippen molar-refractivity contribution in [3.63, 3.8) is 0 Å². The first-order valence-electron chi connectivity index (χ1n) is 5.25. The van der Waals surface area contributed by atoms with Gasteiger partial charge in [-0.25, -0.2) is 0 Å². The van der Waals surface area contributed by atoms with E-state index in [4.69, 9.17) is 11.6 Å². The molecule has 1 heterocycles. The highest BCUT2D eigenvalue weighted by molar-refractivity contribution is 7.14. The van der Waals surface area contributed by atoms with E-state index in [1.54, 1.807) is 11.3 Å². The van der Waals surface area contributed by atoms with Gasteiger partial charge in [0.1, 0.15) is 0 Å². The van der Waals surface area contributed by atoms with E-state index in [1.165, 1.54) is 31.2 Å². The Balaban J connectivity index is 1.91. The van der Waals surface area contributed by atoms with Crippen molar-refractivity contribution >= 4 is 22.9 Å². The minimum atomic E-state index is 0.446. The van der Waals surface area contributed by atoms with Crippen LogP contribution < -0.4 is 5.32 Å². The predicted octanol–water partition coefficient (Wildman–Crippen LogP) is 3.99. The van der Waals surface area contributed by atoms with Crippen LogP contribution in [0.3, 0.4) is 0 Å². The van der Waals surface area contributed by atoms with Crippen LogP contribution in [0.15, 0.2) is 11.4 Å². The Kier molecular flexibility index (Phi) is 3.47. The van der Waals surface area contributed by atoms with E-state index in [0.717, 1.165) is 10.4 Å². The van der Waals surface area contributed by atoms with Crippen molar-refractivity contribution < 1.29 is 0 Å². The van der Waals surface area contributed by atoms with Gasteiger partial charge in [-0.15, -0.1) is 11.3 Å². The fourth-order valence-corrected chi connectivity index (χ4v) is 3.08. The molecule has 0 aromatic carbocycles. The van der Waals surface area contributed by atoms with E-state index < -0.39 is 0 Å². The second-order valence-electron chi connectivity index (χ2n) is 4.05. The maximum absolute atomic E-state index is 5.91. The molecule has 0 radical (unpaired) electrons. The number of thiophene rings is 1. The first-order valence-corrected chi connectivity index (χ1v) is 6.51. The Labute approximate surface area is 94.5 Å². The van der Waals surface area contributed by atoms with Crippen LogP contribution in [0.1, 0.15) is 44.2 Å². The fourth-order valence-electron chi connectivity index (χ4n) is 2.09. The van der Waals surface area contributed by atoms with E-state index in [-0.39, 0.29) is 0 Å². The highest BCUT2D eigenvalue weighted by atomic mass is 35.5. The molecule has 1 saturated carbocycles. The molecule has 0 aliphatic heterocycles. The molecule has 1 nitrogen and oxygen atoms in total. The largest absolute Gasteiger partial charge is 0.307 e. The zero-order valence-corrected chi connectivity index (χ0v) is 10.00. The van der Waals surface area contributed by atoms with Crippen LogP contribution in [0.25, 0.3) is 0 Å². The van der Waals surface area contributed by atoms with Gasteiger partial charge in [0.25, 0.3) is 0 Å². The molecule has 3 heteroatoms. The summed E-state index contributed by atoms with van der Waals surface area (Å²) in [5.41, 5.74) is 1.33. The molecule has 1 aliphatic rings. The monoisotopic (exact) mass is 229 g/mol. The summed E-state index contributed by atoms with van der Waals surface area (Å²) in [6.45, 7) is 2.22. The molecule has 0 spiro atoms. The Hall–Kier alpha value is -0.0500. The lowest BCUT2D eigenvalue weighted by molar-refractivity contribution is 0.462. The molecule has 1 unspecified atom stereocenters. The van der Waals surface area contributed by atoms with Crippen molar-refractivity contribution in [2.24, 2.45) is 0 Å². The predicted molar refractivity (Wildman–Crippen MR) is 63.1 cm³/mol. The van der Waals surface area contributed by atoms with Gasteiger partial charge < -0.3 is 5.32 Å². The van der Waals surface area contributed by atoms with Crippen LogP contribution in [0.5, 0.6) is 0 Å². The molecule has 1 aromatic heterocycles. The van der Waals surface area contributed by atoms with Gasteiger partial charge in [0.15, 0.2) is 0 Å². The van der Waals surface area contributed by atoms with E-state index >= 15 is 0 Å². The third-order valence-electron chi connectivity index (χ3n) is 2.93. The highest BCUT2D eigenvalue weighted by Crippen LogP contribution is 2.27. The smallest absolute Gasteiger partial charge is 0.0931 e. The van der Waals surface area contributed by atoms with Crippen LogP contribution in [-0.2, 0) is 0 Å². The van der Waals surface area contributed by atoms with Gasteiger partial charge >= 0.3 is 0 Å². The molecule has 0 bridgehead atoms. The molecule has 1 N–H and O–H groups in total. The molecule has 0 amide bonds. The van der Waals surface area contributed by atoms with Crippen molar-refractivity contribution in [2.75, 3.05) is 0 Å². The van der Waals surface area contributed by atoms with Crippen LogP contribution in [0, 0.1) is 0 Å². The van der Waals surface area contributed by atoms with Crippen molar-refractivity contribution in [3.8, 4) is 0 Å². The van der Waals surface area contributed by atoms with Crippen LogP contribution in [0.2, 0.25) is 4.34 Å². The Morgan fingerprint density at radius 2 is 2.21 bits per heavy atom. The summed E-state index contributed by atoms with van der Waals surface area (Å²) in [4.78, 5) is 0. The fraction of sp³-hybridized carbons (Fsp3) is 0.636. The Morgan fingerprint density at radius 1 is 1.50 bits per heavy atom. The van der Waals surface area contributed by atoms with Gasteiger partial charge in [-0.3, -0.25) is 0 Å². The Morgan fingerprint density at radius 3 is 2.79 bits per heavy atom. The second-order valence-corrected chi connectivity index (χ2v) is 5.60. The van der Waals surface area contributed by atoms with Crippen molar-refractivity contribution in [3.05, 3.63) is 21.3 Å². The molecular weight excluding hydrogens is 214 g/mol. The number of halogens is 1. The summed E-state index contributed by atoms with van der Waals surface area (Å²) in [6.07, 6.45) is 5.44. The minimum absolute atomic E-state index is 0.446. The van der Waals surface area contributed by atoms with Gasteiger partial charge in [-0.1, -0.05) is 24.4 Å². The van der Waals surface area contributed by atoms with E-state index in [1.807, 2.05) is 0 Å². The second kappa shape index (κ2) is 4.65. The summed E-state index contributed by atoms with van der Waals surface area (Å²) in [6, 6.07) is 3.24. The third-order valence-corrected chi connectivity index (χ3v) is 4.04. The standard InChI is InChI=1S/C11H16ClNS/c1-8(9-6-11(12)14-7-9)13-10-4-2-3-5-10/h6-8,10,13H,2-5H2,1H3. The maximum atomic E-state index is 5.91. The van der Waals surface area contributed by atoms with Crippen molar-refractivity contribution in [2.45, 2.75) is 44.7 Å². The lowest BCUT2D eigenvalue weighted by Gasteiger charge is -2.18. The molecule has 1 fully saturated rings. The zero-order valence-electron chi connectivity index (χ0n) is 8.42. The average Bonchev–Trinajstić information content (AvgIpc) is 2.75. The van der Waals surface area contributed by atoms with Crippen molar-refractivity contribution in [1.29, 1.82) is 0 Å². The molecule has 1 aromatic rings. The van der Waals surface area contributed by atoms with Gasteiger partial charge in [0.2, 0.25) is 0 Å². The summed E-state index contributed by atoms with van der Waals surface area (Å²) >= 11 is 7.53. The molecule has 78 valence electrons. The minimum Gasteiger partial charge on any atom is -0.307 e. The highest BCUT2D eigenvalue weighted by Gasteiger charge is 2.17. The first-order chi connectivity index (χ1) is 6.75. The summed E-state index contributed by atoms with van der Waals surface area (Å²) in [5.74, 6) is 0. The zero-order chi connectivity index (χ0) is 9.97. The number of rotatable bonds is 3. The Bertz CT molecular complexity index is 291. The van der Waals surface area contributed by atoms with Crippen LogP contribution in [0.4, 0.5) is 0 Å². The van der Waals surface area contributed by atoms with E-state index in [0.29, 0.717) is 6.04 Å². The average molecular weight is 230 g/mol. The number of hydrogen-bond donors (Lipinski definition) is 1. The summed E-state index contributed by atoms with van der Waals surface area (Å²) < 4.78 is 0.889. The topological polar surface area (TPSA) is 12.0 Å². The molecular formula is C11H16ClNS. The van der Waals surface area contributed by atoms with Crippen LogP contribution >= 0.6 is 22.9 Å². The van der Waals surface area contributed by atoms with E-state index in [9.17, 15) is 0 Å². The molecule has 14 heavy (non-hydrogen) atoms. The SMILES string of the molecule is CC(NC1CCCC1)c1csc(Cl)c1. The normalized spacial score (nSPS) is 20.1. The maximum Gasteiger partial charge on any atom is 0.0931 e. The third kappa shape index (κ3) is 2.50. The summed E-state index contributed by atoms with van der Waals surface area (Å²) in [7, 11) is 0. The molecule has 2 rings (SSSR count). The quantitative estimate of drug-likeness (QED) is 0.827. The van der Waals surface area contributed by atoms with Gasteiger partial charge in [-0.2, -0.15) is 0 Å². The van der Waals surface area contributed by atoms with Crippen LogP contribution in [-0.4, -0.2) is 6.04 Å².